The number of hydrogen-bond donors (Lipinski definition) is 2. The Morgan fingerprint density at radius 3 is 2.67 bits per heavy atom. The monoisotopic (exact) mass is 238 g/mol. The molecular weight excluding hydrogens is 228 g/mol. The third kappa shape index (κ3) is 1.82. The van der Waals surface area contributed by atoms with Gasteiger partial charge in [-0.2, -0.15) is 0 Å². The number of H-pyrrole nitrogens is 1. The minimum Gasteiger partial charge on any atom is -0.507 e. The van der Waals surface area contributed by atoms with Gasteiger partial charge in [-0.3, -0.25) is 4.98 Å². The summed E-state index contributed by atoms with van der Waals surface area (Å²) in [5.41, 5.74) is 2.12. The topological polar surface area (TPSA) is 74.7 Å². The fourth-order valence-electron chi connectivity index (χ4n) is 1.71. The number of rotatable bonds is 2. The zero-order valence-corrected chi connectivity index (χ0v) is 9.41. The number of imidazole rings is 1. The molecule has 3 rings (SSSR count). The van der Waals surface area contributed by atoms with Gasteiger partial charge < -0.3 is 10.1 Å². The van der Waals surface area contributed by atoms with E-state index in [1.165, 1.54) is 0 Å². The Morgan fingerprint density at radius 1 is 1.00 bits per heavy atom. The van der Waals surface area contributed by atoms with Crippen molar-refractivity contribution in [2.24, 2.45) is 0 Å². The summed E-state index contributed by atoms with van der Waals surface area (Å²) in [6, 6.07) is 7.10. The van der Waals surface area contributed by atoms with E-state index in [0.717, 1.165) is 5.69 Å². The molecule has 5 heteroatoms. The number of hydrogen-bond acceptors (Lipinski definition) is 4. The molecule has 0 aliphatic rings. The average Bonchev–Trinajstić information content (AvgIpc) is 2.90. The molecule has 5 nitrogen and oxygen atoms in total. The molecule has 0 amide bonds. The van der Waals surface area contributed by atoms with Crippen molar-refractivity contribution in [3.05, 3.63) is 49.1 Å². The van der Waals surface area contributed by atoms with E-state index >= 15 is 0 Å². The summed E-state index contributed by atoms with van der Waals surface area (Å²) in [5.74, 6) is 0.841. The second-order valence-corrected chi connectivity index (χ2v) is 3.75. The van der Waals surface area contributed by atoms with E-state index in [1.807, 2.05) is 12.1 Å². The van der Waals surface area contributed by atoms with Crippen LogP contribution in [0.2, 0.25) is 0 Å². The van der Waals surface area contributed by atoms with E-state index < -0.39 is 0 Å². The molecule has 0 radical (unpaired) electrons. The van der Waals surface area contributed by atoms with Crippen LogP contribution >= 0.6 is 0 Å². The average molecular weight is 238 g/mol. The molecule has 2 aromatic heterocycles. The molecule has 88 valence electrons. The zero-order chi connectivity index (χ0) is 12.4. The first-order valence-electron chi connectivity index (χ1n) is 5.44. The number of phenolic OH excluding ortho intramolecular Hbond substituents is 1. The van der Waals surface area contributed by atoms with Crippen LogP contribution in [0.1, 0.15) is 0 Å². The van der Waals surface area contributed by atoms with Crippen LogP contribution in [0.4, 0.5) is 0 Å². The molecule has 0 saturated heterocycles. The van der Waals surface area contributed by atoms with Crippen LogP contribution in [-0.2, 0) is 0 Å². The molecule has 0 spiro atoms. The predicted molar refractivity (Wildman–Crippen MR) is 66.7 cm³/mol. The van der Waals surface area contributed by atoms with Crippen molar-refractivity contribution >= 4 is 0 Å². The molecule has 3 aromatic rings. The Labute approximate surface area is 103 Å². The first-order chi connectivity index (χ1) is 8.84. The summed E-state index contributed by atoms with van der Waals surface area (Å²) < 4.78 is 0. The maximum atomic E-state index is 9.77. The SMILES string of the molecule is Oc1ccccc1-c1cnc(-c2cnccn2)[nH]1. The minimum atomic E-state index is 0.215. The third-order valence-electron chi connectivity index (χ3n) is 2.58. The van der Waals surface area contributed by atoms with Gasteiger partial charge in [0.2, 0.25) is 0 Å². The van der Waals surface area contributed by atoms with Crippen molar-refractivity contribution in [2.75, 3.05) is 0 Å². The van der Waals surface area contributed by atoms with Gasteiger partial charge in [0, 0.05) is 18.0 Å². The van der Waals surface area contributed by atoms with Crippen LogP contribution in [0.25, 0.3) is 22.8 Å². The van der Waals surface area contributed by atoms with E-state index in [0.29, 0.717) is 17.1 Å². The second kappa shape index (κ2) is 4.29. The number of nitrogens with zero attached hydrogens (tertiary/aromatic N) is 3. The Hall–Kier alpha value is -2.69. The van der Waals surface area contributed by atoms with E-state index in [-0.39, 0.29) is 5.75 Å². The largest absolute Gasteiger partial charge is 0.507 e. The molecular formula is C13H10N4O. The molecule has 1 aromatic carbocycles. The Bertz CT molecular complexity index is 664. The summed E-state index contributed by atoms with van der Waals surface area (Å²) in [5, 5.41) is 9.77. The van der Waals surface area contributed by atoms with Gasteiger partial charge in [-0.05, 0) is 12.1 Å². The standard InChI is InChI=1S/C13H10N4O/c18-12-4-2-1-3-9(12)10-8-16-13(17-10)11-7-14-5-6-15-11/h1-8,18H,(H,16,17). The second-order valence-electron chi connectivity index (χ2n) is 3.75. The molecule has 2 heterocycles. The van der Waals surface area contributed by atoms with Crippen molar-refractivity contribution in [1.82, 2.24) is 19.9 Å². The summed E-state index contributed by atoms with van der Waals surface area (Å²) in [4.78, 5) is 15.5. The van der Waals surface area contributed by atoms with E-state index in [4.69, 9.17) is 0 Å². The number of aromatic nitrogens is 4. The first kappa shape index (κ1) is 10.5. The molecule has 0 fully saturated rings. The number of aromatic amines is 1. The molecule has 0 unspecified atom stereocenters. The van der Waals surface area contributed by atoms with Crippen LogP contribution in [-0.4, -0.2) is 25.0 Å². The van der Waals surface area contributed by atoms with Gasteiger partial charge in [0.15, 0.2) is 5.82 Å². The number of aromatic hydroxyl groups is 1. The lowest BCUT2D eigenvalue weighted by Gasteiger charge is -2.00. The van der Waals surface area contributed by atoms with Crippen molar-refractivity contribution in [2.45, 2.75) is 0 Å². The van der Waals surface area contributed by atoms with Crippen molar-refractivity contribution in [1.29, 1.82) is 0 Å². The fourth-order valence-corrected chi connectivity index (χ4v) is 1.71. The highest BCUT2D eigenvalue weighted by molar-refractivity contribution is 5.68. The predicted octanol–water partition coefficient (Wildman–Crippen LogP) is 2.24. The Kier molecular flexibility index (Phi) is 2.49. The third-order valence-corrected chi connectivity index (χ3v) is 2.58. The number of benzene rings is 1. The molecule has 2 N–H and O–H groups in total. The molecule has 0 atom stereocenters. The van der Waals surface area contributed by atoms with Crippen LogP contribution in [0.15, 0.2) is 49.1 Å². The highest BCUT2D eigenvalue weighted by Gasteiger charge is 2.08. The maximum absolute atomic E-state index is 9.77. The van der Waals surface area contributed by atoms with Crippen LogP contribution in [0, 0.1) is 0 Å². The first-order valence-corrected chi connectivity index (χ1v) is 5.44. The number of nitrogens with one attached hydrogen (secondary N) is 1. The minimum absolute atomic E-state index is 0.215. The quantitative estimate of drug-likeness (QED) is 0.718. The van der Waals surface area contributed by atoms with E-state index in [2.05, 4.69) is 19.9 Å². The number of phenols is 1. The summed E-state index contributed by atoms with van der Waals surface area (Å²) in [7, 11) is 0. The molecule has 0 bridgehead atoms. The van der Waals surface area contributed by atoms with Gasteiger partial charge in [0.05, 0.1) is 18.1 Å². The Balaban J connectivity index is 2.03. The van der Waals surface area contributed by atoms with Gasteiger partial charge in [0.25, 0.3) is 0 Å². The van der Waals surface area contributed by atoms with E-state index in [9.17, 15) is 5.11 Å². The zero-order valence-electron chi connectivity index (χ0n) is 9.41. The van der Waals surface area contributed by atoms with Gasteiger partial charge in [0.1, 0.15) is 11.4 Å². The lowest BCUT2D eigenvalue weighted by Crippen LogP contribution is -1.86. The summed E-state index contributed by atoms with van der Waals surface area (Å²) in [6.45, 7) is 0. The van der Waals surface area contributed by atoms with Crippen molar-refractivity contribution in [3.63, 3.8) is 0 Å². The Morgan fingerprint density at radius 2 is 1.89 bits per heavy atom. The van der Waals surface area contributed by atoms with Crippen LogP contribution < -0.4 is 0 Å². The summed E-state index contributed by atoms with van der Waals surface area (Å²) >= 11 is 0. The van der Waals surface area contributed by atoms with Gasteiger partial charge in [-0.1, -0.05) is 12.1 Å². The van der Waals surface area contributed by atoms with Gasteiger partial charge in [-0.15, -0.1) is 0 Å². The molecule has 0 saturated carbocycles. The van der Waals surface area contributed by atoms with Crippen LogP contribution in [0.3, 0.4) is 0 Å². The fraction of sp³-hybridized carbons (Fsp3) is 0. The molecule has 18 heavy (non-hydrogen) atoms. The van der Waals surface area contributed by atoms with Crippen molar-refractivity contribution < 1.29 is 5.11 Å². The maximum Gasteiger partial charge on any atom is 0.158 e. The van der Waals surface area contributed by atoms with Crippen LogP contribution in [0.5, 0.6) is 5.75 Å². The highest BCUT2D eigenvalue weighted by Crippen LogP contribution is 2.28. The van der Waals surface area contributed by atoms with Gasteiger partial charge in [-0.25, -0.2) is 9.97 Å². The van der Waals surface area contributed by atoms with E-state index in [1.54, 1.807) is 36.9 Å². The molecule has 0 aliphatic carbocycles. The lowest BCUT2D eigenvalue weighted by atomic mass is 10.1. The molecule has 0 aliphatic heterocycles. The highest BCUT2D eigenvalue weighted by atomic mass is 16.3. The van der Waals surface area contributed by atoms with Gasteiger partial charge >= 0.3 is 0 Å². The number of para-hydroxylation sites is 1. The normalized spacial score (nSPS) is 10.4. The smallest absolute Gasteiger partial charge is 0.158 e. The van der Waals surface area contributed by atoms with Crippen molar-refractivity contribution in [3.8, 4) is 28.5 Å². The lowest BCUT2D eigenvalue weighted by molar-refractivity contribution is 0.477. The summed E-state index contributed by atoms with van der Waals surface area (Å²) in [6.07, 6.45) is 6.51.